The van der Waals surface area contributed by atoms with Crippen molar-refractivity contribution in [3.05, 3.63) is 48.2 Å². The van der Waals surface area contributed by atoms with Crippen molar-refractivity contribution in [3.8, 4) is 5.75 Å². The number of hydrogen-bond acceptors (Lipinski definition) is 4. The van der Waals surface area contributed by atoms with E-state index in [1.807, 2.05) is 24.4 Å². The van der Waals surface area contributed by atoms with Crippen molar-refractivity contribution >= 4 is 11.8 Å². The van der Waals surface area contributed by atoms with E-state index >= 15 is 0 Å². The Morgan fingerprint density at radius 1 is 1.19 bits per heavy atom. The molecule has 2 rings (SSSR count). The van der Waals surface area contributed by atoms with Crippen molar-refractivity contribution in [3.63, 3.8) is 0 Å². The Balaban J connectivity index is 2.08. The molecule has 1 atom stereocenters. The fourth-order valence-corrected chi connectivity index (χ4v) is 2.93. The van der Waals surface area contributed by atoms with Crippen LogP contribution in [0.15, 0.2) is 52.5 Å². The Morgan fingerprint density at radius 2 is 2.05 bits per heavy atom. The van der Waals surface area contributed by atoms with Crippen molar-refractivity contribution < 1.29 is 9.47 Å². The molecule has 3 nitrogen and oxygen atoms in total. The zero-order chi connectivity index (χ0) is 15.1. The fraction of sp³-hybridized carbons (Fsp3) is 0.353. The van der Waals surface area contributed by atoms with Gasteiger partial charge in [-0.05, 0) is 36.2 Å². The van der Waals surface area contributed by atoms with E-state index in [0.29, 0.717) is 5.92 Å². The predicted octanol–water partition coefficient (Wildman–Crippen LogP) is 4.38. The topological polar surface area (TPSA) is 31.4 Å². The van der Waals surface area contributed by atoms with Gasteiger partial charge < -0.3 is 9.47 Å². The van der Waals surface area contributed by atoms with Crippen molar-refractivity contribution in [1.29, 1.82) is 0 Å². The molecule has 0 aliphatic carbocycles. The second-order valence-corrected chi connectivity index (χ2v) is 5.87. The third kappa shape index (κ3) is 4.48. The summed E-state index contributed by atoms with van der Waals surface area (Å²) in [6, 6.07) is 12.2. The number of pyridine rings is 1. The summed E-state index contributed by atoms with van der Waals surface area (Å²) >= 11 is 1.64. The summed E-state index contributed by atoms with van der Waals surface area (Å²) in [7, 11) is 3.42. The minimum Gasteiger partial charge on any atom is -0.497 e. The Morgan fingerprint density at radius 3 is 2.67 bits per heavy atom. The van der Waals surface area contributed by atoms with E-state index in [1.165, 1.54) is 5.56 Å². The second kappa shape index (κ2) is 8.05. The van der Waals surface area contributed by atoms with E-state index < -0.39 is 0 Å². The molecule has 0 radical (unpaired) electrons. The lowest BCUT2D eigenvalue weighted by molar-refractivity contribution is 0.177. The van der Waals surface area contributed by atoms with Gasteiger partial charge in [-0.2, -0.15) is 0 Å². The van der Waals surface area contributed by atoms with Crippen LogP contribution in [-0.4, -0.2) is 25.8 Å². The van der Waals surface area contributed by atoms with Gasteiger partial charge in [0.25, 0.3) is 0 Å². The summed E-state index contributed by atoms with van der Waals surface area (Å²) in [5.41, 5.74) is 1.23. The molecule has 0 saturated carbocycles. The summed E-state index contributed by atoms with van der Waals surface area (Å²) in [5, 5.41) is 0.985. The number of aromatic nitrogens is 1. The lowest BCUT2D eigenvalue weighted by Gasteiger charge is -2.14. The van der Waals surface area contributed by atoms with Gasteiger partial charge in [-0.25, -0.2) is 4.98 Å². The van der Waals surface area contributed by atoms with Crippen LogP contribution in [0.1, 0.15) is 24.8 Å². The first-order valence-electron chi connectivity index (χ1n) is 7.03. The first kappa shape index (κ1) is 15.9. The van der Waals surface area contributed by atoms with Crippen LogP contribution in [0.4, 0.5) is 0 Å². The number of rotatable bonds is 7. The van der Waals surface area contributed by atoms with Gasteiger partial charge in [0, 0.05) is 24.1 Å². The SMILES string of the molecule is CCC(COC)c1ccc(Sc2cccc(OC)c2)nc1. The van der Waals surface area contributed by atoms with Gasteiger partial charge in [0.15, 0.2) is 0 Å². The highest BCUT2D eigenvalue weighted by atomic mass is 32.2. The Hall–Kier alpha value is -1.52. The van der Waals surface area contributed by atoms with Crippen LogP contribution in [-0.2, 0) is 4.74 Å². The molecule has 1 aromatic heterocycles. The average molecular weight is 303 g/mol. The quantitative estimate of drug-likeness (QED) is 0.759. The third-order valence-electron chi connectivity index (χ3n) is 3.35. The molecule has 0 N–H and O–H groups in total. The summed E-state index contributed by atoms with van der Waals surface area (Å²) < 4.78 is 10.5. The van der Waals surface area contributed by atoms with Gasteiger partial charge in [-0.3, -0.25) is 0 Å². The Kier molecular flexibility index (Phi) is 6.08. The standard InChI is InChI=1S/C17H21NO2S/c1-4-13(12-19-2)14-8-9-17(18-11-14)21-16-7-5-6-15(10-16)20-3/h5-11,13H,4,12H2,1-3H3. The molecule has 0 aliphatic heterocycles. The average Bonchev–Trinajstić information content (AvgIpc) is 2.54. The maximum absolute atomic E-state index is 5.25. The van der Waals surface area contributed by atoms with Crippen LogP contribution in [0.2, 0.25) is 0 Å². The molecule has 1 heterocycles. The van der Waals surface area contributed by atoms with Crippen LogP contribution in [0.3, 0.4) is 0 Å². The van der Waals surface area contributed by atoms with Crippen LogP contribution in [0.5, 0.6) is 5.75 Å². The van der Waals surface area contributed by atoms with Crippen molar-refractivity contribution in [1.82, 2.24) is 4.98 Å². The van der Waals surface area contributed by atoms with Crippen LogP contribution in [0.25, 0.3) is 0 Å². The number of methoxy groups -OCH3 is 2. The molecule has 0 saturated heterocycles. The van der Waals surface area contributed by atoms with Gasteiger partial charge in [-0.15, -0.1) is 0 Å². The number of hydrogen-bond donors (Lipinski definition) is 0. The van der Waals surface area contributed by atoms with Gasteiger partial charge in [0.2, 0.25) is 0 Å². The van der Waals surface area contributed by atoms with E-state index in [1.54, 1.807) is 26.0 Å². The van der Waals surface area contributed by atoms with E-state index in [0.717, 1.165) is 28.7 Å². The van der Waals surface area contributed by atoms with E-state index in [2.05, 4.69) is 30.1 Å². The zero-order valence-corrected chi connectivity index (χ0v) is 13.5. The number of ether oxygens (including phenoxy) is 2. The third-order valence-corrected chi connectivity index (χ3v) is 4.30. The maximum Gasteiger partial charge on any atom is 0.119 e. The van der Waals surface area contributed by atoms with Crippen LogP contribution >= 0.6 is 11.8 Å². The van der Waals surface area contributed by atoms with E-state index in [4.69, 9.17) is 9.47 Å². The molecule has 2 aromatic rings. The minimum atomic E-state index is 0.415. The molecular weight excluding hydrogens is 282 g/mol. The molecule has 21 heavy (non-hydrogen) atoms. The molecule has 112 valence electrons. The van der Waals surface area contributed by atoms with Crippen LogP contribution in [0, 0.1) is 0 Å². The van der Waals surface area contributed by atoms with E-state index in [9.17, 15) is 0 Å². The van der Waals surface area contributed by atoms with Crippen molar-refractivity contribution in [2.45, 2.75) is 29.2 Å². The van der Waals surface area contributed by atoms with Gasteiger partial charge >= 0.3 is 0 Å². The minimum absolute atomic E-state index is 0.415. The molecule has 4 heteroatoms. The smallest absolute Gasteiger partial charge is 0.119 e. The molecule has 0 aliphatic rings. The molecule has 1 aromatic carbocycles. The zero-order valence-electron chi connectivity index (χ0n) is 12.7. The fourth-order valence-electron chi connectivity index (χ4n) is 2.13. The molecule has 0 amide bonds. The normalized spacial score (nSPS) is 12.1. The highest BCUT2D eigenvalue weighted by Gasteiger charge is 2.09. The van der Waals surface area contributed by atoms with Gasteiger partial charge in [0.05, 0.1) is 13.7 Å². The highest BCUT2D eigenvalue weighted by Crippen LogP contribution is 2.29. The van der Waals surface area contributed by atoms with E-state index in [-0.39, 0.29) is 0 Å². The number of benzene rings is 1. The first-order chi connectivity index (χ1) is 10.3. The molecule has 0 spiro atoms. The Labute approximate surface area is 130 Å². The first-order valence-corrected chi connectivity index (χ1v) is 7.85. The molecular formula is C17H21NO2S. The second-order valence-electron chi connectivity index (χ2n) is 4.77. The summed E-state index contributed by atoms with van der Waals surface area (Å²) in [6.45, 7) is 2.91. The summed E-state index contributed by atoms with van der Waals surface area (Å²) in [6.07, 6.45) is 3.01. The number of nitrogens with zero attached hydrogens (tertiary/aromatic N) is 1. The predicted molar refractivity (Wildman–Crippen MR) is 86.3 cm³/mol. The largest absolute Gasteiger partial charge is 0.497 e. The Bertz CT molecular complexity index is 557. The van der Waals surface area contributed by atoms with Crippen LogP contribution < -0.4 is 4.74 Å². The highest BCUT2D eigenvalue weighted by molar-refractivity contribution is 7.99. The van der Waals surface area contributed by atoms with Crippen molar-refractivity contribution in [2.75, 3.05) is 20.8 Å². The monoisotopic (exact) mass is 303 g/mol. The lowest BCUT2D eigenvalue weighted by Crippen LogP contribution is -2.05. The molecule has 0 bridgehead atoms. The summed E-state index contributed by atoms with van der Waals surface area (Å²) in [5.74, 6) is 1.28. The van der Waals surface area contributed by atoms with Gasteiger partial charge in [-0.1, -0.05) is 30.8 Å². The van der Waals surface area contributed by atoms with Crippen molar-refractivity contribution in [2.24, 2.45) is 0 Å². The molecule has 1 unspecified atom stereocenters. The maximum atomic E-state index is 5.25. The molecule has 0 fully saturated rings. The van der Waals surface area contributed by atoms with Gasteiger partial charge in [0.1, 0.15) is 10.8 Å². The lowest BCUT2D eigenvalue weighted by atomic mass is 9.99. The summed E-state index contributed by atoms with van der Waals surface area (Å²) in [4.78, 5) is 5.67.